The van der Waals surface area contributed by atoms with E-state index >= 15 is 0 Å². The van der Waals surface area contributed by atoms with E-state index in [1.807, 2.05) is 18.2 Å². The number of carbonyl (C=O) groups excluding carboxylic acids is 3. The van der Waals surface area contributed by atoms with Crippen LogP contribution in [-0.2, 0) is 9.59 Å². The molecule has 2 aromatic carbocycles. The summed E-state index contributed by atoms with van der Waals surface area (Å²) in [6, 6.07) is 15.5. The molecule has 0 spiro atoms. The van der Waals surface area contributed by atoms with Crippen LogP contribution in [0.5, 0.6) is 0 Å². The maximum Gasteiger partial charge on any atom is 0.251 e. The zero-order valence-corrected chi connectivity index (χ0v) is 19.2. The van der Waals surface area contributed by atoms with Gasteiger partial charge in [0.1, 0.15) is 6.04 Å². The number of anilines is 1. The van der Waals surface area contributed by atoms with Crippen molar-refractivity contribution < 1.29 is 18.9 Å². The van der Waals surface area contributed by atoms with Crippen LogP contribution in [0.3, 0.4) is 0 Å². The molecule has 2 N–H and O–H groups in total. The van der Waals surface area contributed by atoms with Crippen molar-refractivity contribution in [3.05, 3.63) is 66.1 Å². The highest BCUT2D eigenvalue weighted by atomic mass is 16.5. The maximum absolute atomic E-state index is 12.8. The topological polar surface area (TPSA) is 117 Å². The number of likely N-dealkylation sites (tertiary alicyclic amines) is 1. The lowest BCUT2D eigenvalue weighted by molar-refractivity contribution is -0.134. The predicted molar refractivity (Wildman–Crippen MR) is 126 cm³/mol. The number of piperidine rings is 1. The van der Waals surface area contributed by atoms with E-state index in [0.717, 1.165) is 5.56 Å². The summed E-state index contributed by atoms with van der Waals surface area (Å²) in [6.07, 6.45) is 1.41. The summed E-state index contributed by atoms with van der Waals surface area (Å²) in [5, 5.41) is 9.59. The van der Waals surface area contributed by atoms with Crippen molar-refractivity contribution in [1.29, 1.82) is 0 Å². The Morgan fingerprint density at radius 1 is 1.03 bits per heavy atom. The van der Waals surface area contributed by atoms with Crippen LogP contribution in [0.2, 0.25) is 0 Å². The third-order valence-electron chi connectivity index (χ3n) is 5.82. The molecule has 1 aliphatic rings. The summed E-state index contributed by atoms with van der Waals surface area (Å²) in [5.41, 5.74) is 2.02. The molecule has 3 aromatic rings. The number of hydrogen-bond donors (Lipinski definition) is 2. The molecule has 1 atom stereocenters. The van der Waals surface area contributed by atoms with Gasteiger partial charge in [-0.2, -0.15) is 4.98 Å². The molecular weight excluding hydrogens is 434 g/mol. The van der Waals surface area contributed by atoms with Crippen molar-refractivity contribution in [3.63, 3.8) is 0 Å². The van der Waals surface area contributed by atoms with Gasteiger partial charge in [0.15, 0.2) is 0 Å². The number of nitrogens with one attached hydrogen (secondary N) is 2. The van der Waals surface area contributed by atoms with Gasteiger partial charge in [-0.1, -0.05) is 23.4 Å². The Labute approximate surface area is 197 Å². The second-order valence-electron chi connectivity index (χ2n) is 8.38. The first-order valence-electron chi connectivity index (χ1n) is 11.3. The van der Waals surface area contributed by atoms with E-state index in [-0.39, 0.29) is 23.6 Å². The fraction of sp³-hybridized carbons (Fsp3) is 0.320. The maximum atomic E-state index is 12.8. The number of aromatic nitrogens is 2. The fourth-order valence-corrected chi connectivity index (χ4v) is 3.98. The Kier molecular flexibility index (Phi) is 7.01. The number of hydrogen-bond acceptors (Lipinski definition) is 6. The Morgan fingerprint density at radius 3 is 2.35 bits per heavy atom. The van der Waals surface area contributed by atoms with E-state index in [4.69, 9.17) is 4.52 Å². The smallest absolute Gasteiger partial charge is 0.251 e. The molecule has 1 fully saturated rings. The van der Waals surface area contributed by atoms with Gasteiger partial charge in [0.05, 0.1) is 0 Å². The second-order valence-corrected chi connectivity index (χ2v) is 8.38. The van der Waals surface area contributed by atoms with Crippen LogP contribution in [0.25, 0.3) is 11.4 Å². The SMILES string of the molecule is CC(=O)Nc1ccc(-c2noc(C3CCN(C(=O)C(C)NC(=O)c4ccccc4)CC3)n2)cc1. The van der Waals surface area contributed by atoms with Crippen LogP contribution in [0.1, 0.15) is 48.9 Å². The average Bonchev–Trinajstić information content (AvgIpc) is 3.34. The first-order chi connectivity index (χ1) is 16.4. The van der Waals surface area contributed by atoms with Gasteiger partial charge in [0.25, 0.3) is 5.91 Å². The van der Waals surface area contributed by atoms with Gasteiger partial charge in [-0.3, -0.25) is 14.4 Å². The standard InChI is InChI=1S/C25H27N5O4/c1-16(26-23(32)19-6-4-3-5-7-19)25(33)30-14-12-20(13-15-30)24-28-22(29-34-24)18-8-10-21(11-9-18)27-17(2)31/h3-11,16,20H,12-15H2,1-2H3,(H,26,32)(H,27,31). The van der Waals surface area contributed by atoms with Gasteiger partial charge < -0.3 is 20.1 Å². The number of rotatable bonds is 6. The Balaban J connectivity index is 1.30. The second kappa shape index (κ2) is 10.3. The highest BCUT2D eigenvalue weighted by Crippen LogP contribution is 2.29. The molecule has 34 heavy (non-hydrogen) atoms. The summed E-state index contributed by atoms with van der Waals surface area (Å²) in [6.45, 7) is 4.27. The quantitative estimate of drug-likeness (QED) is 0.582. The van der Waals surface area contributed by atoms with E-state index < -0.39 is 6.04 Å². The average molecular weight is 462 g/mol. The minimum absolute atomic E-state index is 0.0677. The highest BCUT2D eigenvalue weighted by Gasteiger charge is 2.30. The summed E-state index contributed by atoms with van der Waals surface area (Å²) in [5.74, 6) is 0.609. The molecule has 1 saturated heterocycles. The van der Waals surface area contributed by atoms with Crippen molar-refractivity contribution in [2.24, 2.45) is 0 Å². The van der Waals surface area contributed by atoms with Crippen LogP contribution in [0.15, 0.2) is 59.1 Å². The zero-order chi connectivity index (χ0) is 24.1. The molecule has 0 aliphatic carbocycles. The summed E-state index contributed by atoms with van der Waals surface area (Å²) in [4.78, 5) is 42.6. The molecule has 0 saturated carbocycles. The van der Waals surface area contributed by atoms with E-state index in [0.29, 0.717) is 48.9 Å². The Hall–Kier alpha value is -4.01. The first-order valence-corrected chi connectivity index (χ1v) is 11.3. The molecule has 9 heteroatoms. The molecule has 176 valence electrons. The molecule has 1 unspecified atom stereocenters. The molecule has 3 amide bonds. The van der Waals surface area contributed by atoms with Gasteiger partial charge in [0, 0.05) is 42.7 Å². The van der Waals surface area contributed by atoms with Crippen molar-refractivity contribution in [3.8, 4) is 11.4 Å². The fourth-order valence-electron chi connectivity index (χ4n) is 3.98. The van der Waals surface area contributed by atoms with Gasteiger partial charge >= 0.3 is 0 Å². The molecule has 4 rings (SSSR count). The van der Waals surface area contributed by atoms with Crippen LogP contribution in [-0.4, -0.2) is 51.9 Å². The summed E-state index contributed by atoms with van der Waals surface area (Å²) in [7, 11) is 0. The predicted octanol–water partition coefficient (Wildman–Crippen LogP) is 3.22. The normalized spacial score (nSPS) is 14.9. The first kappa shape index (κ1) is 23.2. The molecule has 0 bridgehead atoms. The third kappa shape index (κ3) is 5.48. The van der Waals surface area contributed by atoms with E-state index in [2.05, 4.69) is 20.8 Å². The number of carbonyl (C=O) groups is 3. The van der Waals surface area contributed by atoms with E-state index in [1.165, 1.54) is 6.92 Å². The van der Waals surface area contributed by atoms with E-state index in [1.54, 1.807) is 48.2 Å². The van der Waals surface area contributed by atoms with Gasteiger partial charge in [-0.25, -0.2) is 0 Å². The monoisotopic (exact) mass is 461 g/mol. The van der Waals surface area contributed by atoms with Gasteiger partial charge in [0.2, 0.25) is 23.5 Å². The minimum atomic E-state index is -0.611. The lowest BCUT2D eigenvalue weighted by Crippen LogP contribution is -2.49. The summed E-state index contributed by atoms with van der Waals surface area (Å²) < 4.78 is 5.51. The van der Waals surface area contributed by atoms with Crippen LogP contribution < -0.4 is 10.6 Å². The van der Waals surface area contributed by atoms with Crippen LogP contribution in [0.4, 0.5) is 5.69 Å². The molecule has 1 aromatic heterocycles. The Morgan fingerprint density at radius 2 is 1.71 bits per heavy atom. The van der Waals surface area contributed by atoms with Crippen LogP contribution in [0, 0.1) is 0 Å². The van der Waals surface area contributed by atoms with Crippen molar-refractivity contribution in [2.45, 2.75) is 38.6 Å². The number of amides is 3. The molecule has 2 heterocycles. The van der Waals surface area contributed by atoms with E-state index in [9.17, 15) is 14.4 Å². The van der Waals surface area contributed by atoms with Gasteiger partial charge in [-0.15, -0.1) is 0 Å². The molecule has 9 nitrogen and oxygen atoms in total. The van der Waals surface area contributed by atoms with Crippen molar-refractivity contribution >= 4 is 23.4 Å². The largest absolute Gasteiger partial charge is 0.341 e. The number of benzene rings is 2. The lowest BCUT2D eigenvalue weighted by Gasteiger charge is -2.32. The molecule has 1 aliphatic heterocycles. The zero-order valence-electron chi connectivity index (χ0n) is 19.2. The van der Waals surface area contributed by atoms with Crippen molar-refractivity contribution in [1.82, 2.24) is 20.4 Å². The minimum Gasteiger partial charge on any atom is -0.341 e. The molecule has 0 radical (unpaired) electrons. The molecular formula is C25H27N5O4. The lowest BCUT2D eigenvalue weighted by atomic mass is 9.96. The number of nitrogens with zero attached hydrogens (tertiary/aromatic N) is 3. The highest BCUT2D eigenvalue weighted by molar-refractivity contribution is 5.97. The van der Waals surface area contributed by atoms with Crippen molar-refractivity contribution in [2.75, 3.05) is 18.4 Å². The third-order valence-corrected chi connectivity index (χ3v) is 5.82. The van der Waals surface area contributed by atoms with Crippen LogP contribution >= 0.6 is 0 Å². The van der Waals surface area contributed by atoms with Gasteiger partial charge in [-0.05, 0) is 56.2 Å². The summed E-state index contributed by atoms with van der Waals surface area (Å²) >= 11 is 0. The Bertz CT molecular complexity index is 1150.